The number of fused-ring (bicyclic) bond motifs is 3. The van der Waals surface area contributed by atoms with E-state index < -0.39 is 5.66 Å². The highest BCUT2D eigenvalue weighted by Gasteiger charge is 2.59. The Hall–Kier alpha value is -2.95. The van der Waals surface area contributed by atoms with Crippen molar-refractivity contribution in [2.75, 3.05) is 25.2 Å². The second-order valence-electron chi connectivity index (χ2n) is 8.22. The maximum Gasteiger partial charge on any atom is 0.241 e. The highest BCUT2D eigenvalue weighted by Crippen LogP contribution is 2.53. The van der Waals surface area contributed by atoms with Crippen LogP contribution in [0.4, 0.5) is 5.69 Å². The van der Waals surface area contributed by atoms with Gasteiger partial charge in [0, 0.05) is 11.1 Å². The van der Waals surface area contributed by atoms with Crippen molar-refractivity contribution in [3.8, 4) is 11.5 Å². The molecule has 1 fully saturated rings. The first-order chi connectivity index (χ1) is 13.8. The van der Waals surface area contributed by atoms with Crippen molar-refractivity contribution in [3.05, 3.63) is 59.2 Å². The molecule has 0 saturated carbocycles. The van der Waals surface area contributed by atoms with E-state index in [1.807, 2.05) is 25.1 Å². The van der Waals surface area contributed by atoms with Crippen LogP contribution in [0.15, 0.2) is 42.5 Å². The van der Waals surface area contributed by atoms with Crippen LogP contribution in [-0.4, -0.2) is 31.8 Å². The summed E-state index contributed by atoms with van der Waals surface area (Å²) in [7, 11) is 1.64. The number of nitrogens with zero attached hydrogens (tertiary/aromatic N) is 1. The van der Waals surface area contributed by atoms with Crippen molar-refractivity contribution < 1.29 is 14.3 Å². The average molecular weight is 392 g/mol. The maximum absolute atomic E-state index is 12.4. The Morgan fingerprint density at radius 1 is 1.17 bits per heavy atom. The molecule has 1 saturated heterocycles. The SMILES string of the molecule is CCOc1ccc(/C=C/C23NC(=O)CN2c2ccc(C)cc2C3(C)C)cc1OC. The van der Waals surface area contributed by atoms with Gasteiger partial charge in [0.15, 0.2) is 11.5 Å². The molecular formula is C24H28N2O3. The normalized spacial score (nSPS) is 21.8. The summed E-state index contributed by atoms with van der Waals surface area (Å²) in [6.45, 7) is 9.39. The molecule has 2 aromatic rings. The summed E-state index contributed by atoms with van der Waals surface area (Å²) in [4.78, 5) is 14.6. The molecule has 1 N–H and O–H groups in total. The van der Waals surface area contributed by atoms with Gasteiger partial charge in [-0.25, -0.2) is 0 Å². The van der Waals surface area contributed by atoms with E-state index in [9.17, 15) is 4.79 Å². The second kappa shape index (κ2) is 6.83. The number of hydrogen-bond donors (Lipinski definition) is 1. The van der Waals surface area contributed by atoms with Crippen LogP contribution in [-0.2, 0) is 10.2 Å². The van der Waals surface area contributed by atoms with Crippen LogP contribution >= 0.6 is 0 Å². The number of ether oxygens (including phenoxy) is 2. The quantitative estimate of drug-likeness (QED) is 0.834. The van der Waals surface area contributed by atoms with Gasteiger partial charge in [0.25, 0.3) is 0 Å². The Bertz CT molecular complexity index is 996. The highest BCUT2D eigenvalue weighted by molar-refractivity contribution is 5.91. The molecule has 4 rings (SSSR count). The topological polar surface area (TPSA) is 50.8 Å². The van der Waals surface area contributed by atoms with Crippen molar-refractivity contribution in [1.29, 1.82) is 0 Å². The van der Waals surface area contributed by atoms with Gasteiger partial charge in [0.1, 0.15) is 5.66 Å². The number of aryl methyl sites for hydroxylation is 1. The summed E-state index contributed by atoms with van der Waals surface area (Å²) in [6.07, 6.45) is 4.17. The molecule has 5 heteroatoms. The molecule has 1 amide bonds. The first-order valence-corrected chi connectivity index (χ1v) is 10.0. The predicted octanol–water partition coefficient (Wildman–Crippen LogP) is 4.04. The van der Waals surface area contributed by atoms with Gasteiger partial charge in [0.05, 0.1) is 20.3 Å². The van der Waals surface area contributed by atoms with Crippen LogP contribution in [0.5, 0.6) is 11.5 Å². The number of amides is 1. The molecule has 2 heterocycles. The molecule has 2 aliphatic rings. The van der Waals surface area contributed by atoms with Crippen molar-refractivity contribution in [2.45, 2.75) is 38.8 Å². The molecule has 2 aromatic carbocycles. The summed E-state index contributed by atoms with van der Waals surface area (Å²) in [5, 5.41) is 3.26. The monoisotopic (exact) mass is 392 g/mol. The van der Waals surface area contributed by atoms with Gasteiger partial charge < -0.3 is 19.7 Å². The van der Waals surface area contributed by atoms with Gasteiger partial charge in [-0.3, -0.25) is 4.79 Å². The first-order valence-electron chi connectivity index (χ1n) is 10.0. The lowest BCUT2D eigenvalue weighted by atomic mass is 9.75. The molecule has 0 aromatic heterocycles. The Labute approximate surface area is 172 Å². The van der Waals surface area contributed by atoms with E-state index in [0.717, 1.165) is 17.0 Å². The lowest BCUT2D eigenvalue weighted by Gasteiger charge is -2.40. The van der Waals surface area contributed by atoms with Gasteiger partial charge in [-0.15, -0.1) is 0 Å². The number of carbonyl (C=O) groups excluding carboxylic acids is 1. The lowest BCUT2D eigenvalue weighted by Crippen LogP contribution is -2.58. The average Bonchev–Trinajstić information content (AvgIpc) is 3.12. The minimum absolute atomic E-state index is 0.0400. The zero-order chi connectivity index (χ0) is 20.8. The Balaban J connectivity index is 1.76. The fourth-order valence-electron chi connectivity index (χ4n) is 4.57. The van der Waals surface area contributed by atoms with E-state index in [2.05, 4.69) is 61.3 Å². The van der Waals surface area contributed by atoms with Crippen molar-refractivity contribution >= 4 is 17.7 Å². The molecule has 0 bridgehead atoms. The molecule has 5 nitrogen and oxygen atoms in total. The third kappa shape index (κ3) is 2.87. The largest absolute Gasteiger partial charge is 0.493 e. The maximum atomic E-state index is 12.4. The van der Waals surface area contributed by atoms with Crippen LogP contribution < -0.4 is 19.7 Å². The third-order valence-corrected chi connectivity index (χ3v) is 6.13. The Kier molecular flexibility index (Phi) is 4.56. The molecule has 29 heavy (non-hydrogen) atoms. The minimum Gasteiger partial charge on any atom is -0.493 e. The van der Waals surface area contributed by atoms with Crippen LogP contribution in [0.3, 0.4) is 0 Å². The van der Waals surface area contributed by atoms with Gasteiger partial charge >= 0.3 is 0 Å². The van der Waals surface area contributed by atoms with Crippen LogP contribution in [0.1, 0.15) is 37.5 Å². The van der Waals surface area contributed by atoms with Crippen molar-refractivity contribution in [3.63, 3.8) is 0 Å². The summed E-state index contributed by atoms with van der Waals surface area (Å²) < 4.78 is 11.1. The zero-order valence-corrected chi connectivity index (χ0v) is 17.7. The lowest BCUT2D eigenvalue weighted by molar-refractivity contribution is -0.118. The summed E-state index contributed by atoms with van der Waals surface area (Å²) in [5.74, 6) is 1.46. The predicted molar refractivity (Wildman–Crippen MR) is 116 cm³/mol. The van der Waals surface area contributed by atoms with Gasteiger partial charge in [-0.1, -0.05) is 43.7 Å². The van der Waals surface area contributed by atoms with Crippen molar-refractivity contribution in [1.82, 2.24) is 5.32 Å². The van der Waals surface area contributed by atoms with Gasteiger partial charge in [0.2, 0.25) is 5.91 Å². The van der Waals surface area contributed by atoms with E-state index in [0.29, 0.717) is 18.9 Å². The molecule has 152 valence electrons. The molecule has 1 atom stereocenters. The van der Waals surface area contributed by atoms with E-state index >= 15 is 0 Å². The van der Waals surface area contributed by atoms with E-state index in [-0.39, 0.29) is 11.3 Å². The number of hydrogen-bond acceptors (Lipinski definition) is 4. The molecule has 0 aliphatic carbocycles. The van der Waals surface area contributed by atoms with Gasteiger partial charge in [-0.05, 0) is 49.2 Å². The molecule has 0 radical (unpaired) electrons. The first kappa shape index (κ1) is 19.4. The van der Waals surface area contributed by atoms with Crippen LogP contribution in [0.2, 0.25) is 0 Å². The number of anilines is 1. The van der Waals surface area contributed by atoms with Gasteiger partial charge in [-0.2, -0.15) is 0 Å². The standard InChI is InChI=1S/C24H28N2O3/c1-6-29-20-10-8-17(14-21(20)28-5)11-12-24-23(3,4)18-13-16(2)7-9-19(18)26(24)15-22(27)25-24/h7-14H,6,15H2,1-5H3,(H,25,27)/b12-11+. The number of nitrogens with one attached hydrogen (secondary N) is 1. The molecule has 1 unspecified atom stereocenters. The summed E-state index contributed by atoms with van der Waals surface area (Å²) in [6, 6.07) is 12.3. The minimum atomic E-state index is -0.605. The van der Waals surface area contributed by atoms with E-state index in [1.165, 1.54) is 11.1 Å². The van der Waals surface area contributed by atoms with E-state index in [1.54, 1.807) is 7.11 Å². The second-order valence-corrected chi connectivity index (χ2v) is 8.22. The third-order valence-electron chi connectivity index (χ3n) is 6.13. The number of methoxy groups -OCH3 is 1. The molecular weight excluding hydrogens is 364 g/mol. The smallest absolute Gasteiger partial charge is 0.241 e. The summed E-state index contributed by atoms with van der Waals surface area (Å²) in [5.41, 5.74) is 3.70. The molecule has 2 aliphatic heterocycles. The fourth-order valence-corrected chi connectivity index (χ4v) is 4.57. The Morgan fingerprint density at radius 2 is 1.97 bits per heavy atom. The molecule has 0 spiro atoms. The number of benzene rings is 2. The van der Waals surface area contributed by atoms with Crippen LogP contribution in [0.25, 0.3) is 6.08 Å². The highest BCUT2D eigenvalue weighted by atomic mass is 16.5. The number of rotatable bonds is 5. The van der Waals surface area contributed by atoms with Crippen molar-refractivity contribution in [2.24, 2.45) is 0 Å². The number of carbonyl (C=O) groups is 1. The fraction of sp³-hybridized carbons (Fsp3) is 0.375. The van der Waals surface area contributed by atoms with Crippen LogP contribution in [0, 0.1) is 6.92 Å². The zero-order valence-electron chi connectivity index (χ0n) is 17.7. The Morgan fingerprint density at radius 3 is 2.69 bits per heavy atom. The van der Waals surface area contributed by atoms with E-state index in [4.69, 9.17) is 9.47 Å². The summed E-state index contributed by atoms with van der Waals surface area (Å²) >= 11 is 0.